The first kappa shape index (κ1) is 11.9. The maximum Gasteiger partial charge on any atom is 0.306 e. The standard InChI is InChI=1S/C10H19NO2S/c11-9(6-14)5-7-1-3-8(4-2-7)10(12)13/h7-9,14H,1-6,11H2,(H,12,13)/t7?,8?,9-/m1/s1. The Morgan fingerprint density at radius 3 is 2.43 bits per heavy atom. The second kappa shape index (κ2) is 5.61. The van der Waals surface area contributed by atoms with E-state index in [9.17, 15) is 4.79 Å². The van der Waals surface area contributed by atoms with E-state index in [0.717, 1.165) is 37.9 Å². The van der Waals surface area contributed by atoms with Crippen LogP contribution < -0.4 is 5.73 Å². The lowest BCUT2D eigenvalue weighted by Gasteiger charge is -2.27. The Labute approximate surface area is 90.5 Å². The van der Waals surface area contributed by atoms with Gasteiger partial charge in [0.05, 0.1) is 5.92 Å². The summed E-state index contributed by atoms with van der Waals surface area (Å²) in [5.41, 5.74) is 5.81. The number of aliphatic carboxylic acids is 1. The van der Waals surface area contributed by atoms with E-state index >= 15 is 0 Å². The summed E-state index contributed by atoms with van der Waals surface area (Å²) in [5.74, 6) is 0.590. The van der Waals surface area contributed by atoms with Crippen molar-refractivity contribution in [3.8, 4) is 0 Å². The molecule has 1 saturated carbocycles. The molecule has 0 radical (unpaired) electrons. The zero-order valence-electron chi connectivity index (χ0n) is 8.35. The predicted octanol–water partition coefficient (Wildman–Crippen LogP) is 1.52. The average molecular weight is 217 g/mol. The predicted molar refractivity (Wildman–Crippen MR) is 59.5 cm³/mol. The molecule has 1 fully saturated rings. The number of rotatable bonds is 4. The summed E-state index contributed by atoms with van der Waals surface area (Å²) in [4.78, 5) is 10.7. The fourth-order valence-electron chi connectivity index (χ4n) is 2.15. The molecule has 1 rings (SSSR count). The highest BCUT2D eigenvalue weighted by atomic mass is 32.1. The Kier molecular flexibility index (Phi) is 4.75. The summed E-state index contributed by atoms with van der Waals surface area (Å²) in [7, 11) is 0. The maximum absolute atomic E-state index is 10.7. The molecule has 0 aromatic rings. The Morgan fingerprint density at radius 2 is 2.00 bits per heavy atom. The summed E-state index contributed by atoms with van der Waals surface area (Å²) < 4.78 is 0. The Balaban J connectivity index is 2.25. The van der Waals surface area contributed by atoms with E-state index in [1.54, 1.807) is 0 Å². The number of hydrogen-bond acceptors (Lipinski definition) is 3. The van der Waals surface area contributed by atoms with Gasteiger partial charge < -0.3 is 10.8 Å². The van der Waals surface area contributed by atoms with Gasteiger partial charge in [-0.15, -0.1) is 0 Å². The molecule has 4 heteroatoms. The van der Waals surface area contributed by atoms with E-state index in [1.807, 2.05) is 0 Å². The second-order valence-electron chi connectivity index (χ2n) is 4.23. The molecule has 0 aliphatic heterocycles. The van der Waals surface area contributed by atoms with Crippen molar-refractivity contribution in [3.63, 3.8) is 0 Å². The molecule has 82 valence electrons. The smallest absolute Gasteiger partial charge is 0.306 e. The minimum atomic E-state index is -0.637. The van der Waals surface area contributed by atoms with Crippen molar-refractivity contribution >= 4 is 18.6 Å². The highest BCUT2D eigenvalue weighted by Gasteiger charge is 2.26. The molecule has 1 aliphatic carbocycles. The summed E-state index contributed by atoms with van der Waals surface area (Å²) in [6.07, 6.45) is 4.66. The number of thiol groups is 1. The topological polar surface area (TPSA) is 63.3 Å². The van der Waals surface area contributed by atoms with E-state index < -0.39 is 5.97 Å². The number of carboxylic acids is 1. The van der Waals surface area contributed by atoms with Gasteiger partial charge >= 0.3 is 5.97 Å². The fourth-order valence-corrected chi connectivity index (χ4v) is 2.30. The van der Waals surface area contributed by atoms with Gasteiger partial charge in [0.2, 0.25) is 0 Å². The molecule has 1 aliphatic rings. The van der Waals surface area contributed by atoms with Crippen LogP contribution in [0.2, 0.25) is 0 Å². The molecule has 3 nitrogen and oxygen atoms in total. The van der Waals surface area contributed by atoms with E-state index in [1.165, 1.54) is 0 Å². The van der Waals surface area contributed by atoms with Gasteiger partial charge in [0, 0.05) is 11.8 Å². The first-order chi connectivity index (χ1) is 6.63. The van der Waals surface area contributed by atoms with Crippen molar-refractivity contribution in [2.45, 2.75) is 38.1 Å². The Morgan fingerprint density at radius 1 is 1.43 bits per heavy atom. The van der Waals surface area contributed by atoms with Crippen LogP contribution in [0, 0.1) is 11.8 Å². The molecule has 3 N–H and O–H groups in total. The van der Waals surface area contributed by atoms with Gasteiger partial charge in [-0.05, 0) is 38.0 Å². The molecule has 14 heavy (non-hydrogen) atoms. The van der Waals surface area contributed by atoms with Gasteiger partial charge in [0.1, 0.15) is 0 Å². The third-order valence-corrected chi connectivity index (χ3v) is 3.54. The quantitative estimate of drug-likeness (QED) is 0.626. The maximum atomic E-state index is 10.7. The highest BCUT2D eigenvalue weighted by molar-refractivity contribution is 7.80. The normalized spacial score (nSPS) is 29.9. The Bertz CT molecular complexity index is 191. The zero-order valence-corrected chi connectivity index (χ0v) is 9.25. The van der Waals surface area contributed by atoms with Gasteiger partial charge in [0.25, 0.3) is 0 Å². The molecule has 0 bridgehead atoms. The molecular formula is C10H19NO2S. The summed E-state index contributed by atoms with van der Waals surface area (Å²) in [6.45, 7) is 0. The van der Waals surface area contributed by atoms with Crippen LogP contribution in [0.5, 0.6) is 0 Å². The van der Waals surface area contributed by atoms with Gasteiger partial charge in [-0.25, -0.2) is 0 Å². The van der Waals surface area contributed by atoms with Crippen LogP contribution in [0.25, 0.3) is 0 Å². The molecule has 0 unspecified atom stereocenters. The van der Waals surface area contributed by atoms with Gasteiger partial charge in [-0.3, -0.25) is 4.79 Å². The van der Waals surface area contributed by atoms with E-state index in [-0.39, 0.29) is 12.0 Å². The highest BCUT2D eigenvalue weighted by Crippen LogP contribution is 2.31. The number of hydrogen-bond donors (Lipinski definition) is 3. The lowest BCUT2D eigenvalue weighted by Crippen LogP contribution is -2.28. The molecular weight excluding hydrogens is 198 g/mol. The van der Waals surface area contributed by atoms with Crippen molar-refractivity contribution in [1.29, 1.82) is 0 Å². The minimum absolute atomic E-state index is 0.113. The van der Waals surface area contributed by atoms with Crippen LogP contribution in [0.1, 0.15) is 32.1 Å². The minimum Gasteiger partial charge on any atom is -0.481 e. The lowest BCUT2D eigenvalue weighted by molar-refractivity contribution is -0.143. The van der Waals surface area contributed by atoms with Gasteiger partial charge in [0.15, 0.2) is 0 Å². The summed E-state index contributed by atoms with van der Waals surface area (Å²) >= 11 is 4.15. The van der Waals surface area contributed by atoms with E-state index in [0.29, 0.717) is 5.92 Å². The number of carbonyl (C=O) groups is 1. The molecule has 0 amide bonds. The van der Waals surface area contributed by atoms with Crippen LogP contribution in [0.4, 0.5) is 0 Å². The Hall–Kier alpha value is -0.220. The fraction of sp³-hybridized carbons (Fsp3) is 0.900. The van der Waals surface area contributed by atoms with Crippen molar-refractivity contribution < 1.29 is 9.90 Å². The summed E-state index contributed by atoms with van der Waals surface area (Å²) in [5, 5.41) is 8.82. The third kappa shape index (κ3) is 3.50. The molecule has 0 heterocycles. The first-order valence-electron chi connectivity index (χ1n) is 5.22. The average Bonchev–Trinajstić information content (AvgIpc) is 2.18. The van der Waals surface area contributed by atoms with Crippen molar-refractivity contribution in [2.24, 2.45) is 17.6 Å². The third-order valence-electron chi connectivity index (χ3n) is 3.07. The number of nitrogens with two attached hydrogens (primary N) is 1. The molecule has 0 aromatic carbocycles. The molecule has 0 aromatic heterocycles. The zero-order chi connectivity index (χ0) is 10.6. The van der Waals surface area contributed by atoms with Gasteiger partial charge in [-0.1, -0.05) is 0 Å². The largest absolute Gasteiger partial charge is 0.481 e. The van der Waals surface area contributed by atoms with Crippen molar-refractivity contribution in [2.75, 3.05) is 5.75 Å². The molecule has 0 spiro atoms. The molecule has 1 atom stereocenters. The van der Waals surface area contributed by atoms with Crippen LogP contribution in [-0.4, -0.2) is 22.9 Å². The van der Waals surface area contributed by atoms with Crippen LogP contribution >= 0.6 is 12.6 Å². The molecule has 0 saturated heterocycles. The first-order valence-corrected chi connectivity index (χ1v) is 5.86. The van der Waals surface area contributed by atoms with E-state index in [4.69, 9.17) is 10.8 Å². The monoisotopic (exact) mass is 217 g/mol. The van der Waals surface area contributed by atoms with Crippen LogP contribution in [-0.2, 0) is 4.79 Å². The second-order valence-corrected chi connectivity index (χ2v) is 4.60. The van der Waals surface area contributed by atoms with Crippen LogP contribution in [0.15, 0.2) is 0 Å². The van der Waals surface area contributed by atoms with Crippen molar-refractivity contribution in [3.05, 3.63) is 0 Å². The summed E-state index contributed by atoms with van der Waals surface area (Å²) in [6, 6.07) is 0.171. The van der Waals surface area contributed by atoms with E-state index in [2.05, 4.69) is 12.6 Å². The van der Waals surface area contributed by atoms with Crippen molar-refractivity contribution in [1.82, 2.24) is 0 Å². The lowest BCUT2D eigenvalue weighted by atomic mass is 9.79. The van der Waals surface area contributed by atoms with Gasteiger partial charge in [-0.2, -0.15) is 12.6 Å². The SMILES string of the molecule is N[C@@H](CS)CC1CCC(C(=O)O)CC1. The van der Waals surface area contributed by atoms with Crippen LogP contribution in [0.3, 0.4) is 0 Å². The number of carboxylic acid groups (broad SMARTS) is 1.